The Balaban J connectivity index is 3.76. The maximum absolute atomic E-state index is 12.9. The van der Waals surface area contributed by atoms with Crippen LogP contribution in [-0.4, -0.2) is 68.5 Å². The van der Waals surface area contributed by atoms with Crippen molar-refractivity contribution in [3.8, 4) is 0 Å². The number of phosphoric acid groups is 1. The van der Waals surface area contributed by atoms with Gasteiger partial charge in [-0.3, -0.25) is 9.36 Å². The molecule has 0 rings (SSSR count). The minimum Gasteiger partial charge on any atom is -0.756 e. The maximum Gasteiger partial charge on any atom is 0.268 e. The van der Waals surface area contributed by atoms with Crippen molar-refractivity contribution in [2.45, 2.75) is 353 Å². The van der Waals surface area contributed by atoms with Gasteiger partial charge in [-0.2, -0.15) is 0 Å². The van der Waals surface area contributed by atoms with Gasteiger partial charge in [-0.05, 0) is 19.3 Å². The Hall–Kier alpha value is -0.760. The number of quaternary nitrogens is 1. The first kappa shape index (κ1) is 72.2. The molecule has 2 N–H and O–H groups in total. The second kappa shape index (κ2) is 56.0. The molecule has 0 aliphatic heterocycles. The van der Waals surface area contributed by atoms with E-state index >= 15 is 0 Å². The number of carbonyl (C=O) groups is 1. The molecule has 0 aromatic heterocycles. The van der Waals surface area contributed by atoms with Crippen LogP contribution in [0.1, 0.15) is 341 Å². The van der Waals surface area contributed by atoms with Gasteiger partial charge in [-0.25, -0.2) is 0 Å². The van der Waals surface area contributed by atoms with Crippen LogP contribution >= 0.6 is 7.82 Å². The van der Waals surface area contributed by atoms with Crippen LogP contribution in [0.4, 0.5) is 0 Å². The summed E-state index contributed by atoms with van der Waals surface area (Å²) in [6.45, 7) is 4.68. The van der Waals surface area contributed by atoms with E-state index in [2.05, 4.69) is 19.2 Å². The first-order valence-corrected chi connectivity index (χ1v) is 34.0. The molecule has 0 aromatic rings. The number of unbranched alkanes of at least 4 members (excludes halogenated alkanes) is 48. The van der Waals surface area contributed by atoms with Gasteiger partial charge in [0.2, 0.25) is 5.91 Å². The minimum atomic E-state index is -4.59. The summed E-state index contributed by atoms with van der Waals surface area (Å²) in [4.78, 5) is 25.4. The summed E-state index contributed by atoms with van der Waals surface area (Å²) in [5, 5.41) is 13.8. The molecule has 0 radical (unpaired) electrons. The molecule has 0 aliphatic rings. The van der Waals surface area contributed by atoms with Gasteiger partial charge >= 0.3 is 0 Å². The van der Waals surface area contributed by atoms with Crippen LogP contribution in [0.25, 0.3) is 0 Å². The monoisotopic (exact) mass is 1050 g/mol. The molecular formula is C64H129N2O6P. The molecule has 0 aromatic carbocycles. The second-order valence-electron chi connectivity index (χ2n) is 23.8. The number of rotatable bonds is 61. The third-order valence-corrected chi connectivity index (χ3v) is 16.2. The van der Waals surface area contributed by atoms with Crippen LogP contribution in [-0.2, 0) is 18.4 Å². The number of carbonyl (C=O) groups excluding carboxylic acids is 1. The molecule has 0 bridgehead atoms. The number of aliphatic hydroxyl groups excluding tert-OH is 1. The molecule has 3 unspecified atom stereocenters. The van der Waals surface area contributed by atoms with Crippen LogP contribution in [0.5, 0.6) is 0 Å². The average molecular weight is 1050 g/mol. The Labute approximate surface area is 456 Å². The molecule has 3 atom stereocenters. The zero-order chi connectivity index (χ0) is 53.5. The largest absolute Gasteiger partial charge is 0.756 e. The third-order valence-electron chi connectivity index (χ3n) is 15.2. The Bertz CT molecular complexity index is 1200. The number of nitrogens with one attached hydrogen (secondary N) is 1. The van der Waals surface area contributed by atoms with E-state index in [1.54, 1.807) is 6.08 Å². The number of phosphoric ester groups is 1. The van der Waals surface area contributed by atoms with Crippen molar-refractivity contribution in [3.63, 3.8) is 0 Å². The van der Waals surface area contributed by atoms with Crippen molar-refractivity contribution in [1.82, 2.24) is 5.32 Å². The van der Waals surface area contributed by atoms with Crippen molar-refractivity contribution in [2.75, 3.05) is 40.9 Å². The molecule has 0 heterocycles. The fraction of sp³-hybridized carbons (Fsp3) is 0.953. The smallest absolute Gasteiger partial charge is 0.268 e. The summed E-state index contributed by atoms with van der Waals surface area (Å²) in [6, 6.07) is -0.881. The van der Waals surface area contributed by atoms with E-state index in [4.69, 9.17) is 9.05 Å². The summed E-state index contributed by atoms with van der Waals surface area (Å²) in [5.74, 6) is -0.191. The summed E-state index contributed by atoms with van der Waals surface area (Å²) in [7, 11) is 1.28. The van der Waals surface area contributed by atoms with Crippen molar-refractivity contribution in [3.05, 3.63) is 12.2 Å². The van der Waals surface area contributed by atoms with Crippen molar-refractivity contribution < 1.29 is 32.9 Å². The normalized spacial score (nSPS) is 13.8. The highest BCUT2D eigenvalue weighted by Gasteiger charge is 2.23. The predicted octanol–water partition coefficient (Wildman–Crippen LogP) is 19.5. The topological polar surface area (TPSA) is 108 Å². The van der Waals surface area contributed by atoms with Crippen molar-refractivity contribution >= 4 is 13.7 Å². The number of hydrogen-bond acceptors (Lipinski definition) is 6. The van der Waals surface area contributed by atoms with Gasteiger partial charge in [0.15, 0.2) is 0 Å². The number of aliphatic hydroxyl groups is 1. The quantitative estimate of drug-likeness (QED) is 0.0272. The van der Waals surface area contributed by atoms with Crippen LogP contribution in [0.3, 0.4) is 0 Å². The van der Waals surface area contributed by atoms with Crippen LogP contribution in [0.2, 0.25) is 0 Å². The predicted molar refractivity (Wildman–Crippen MR) is 316 cm³/mol. The molecular weight excluding hydrogens is 924 g/mol. The molecule has 0 spiro atoms. The van der Waals surface area contributed by atoms with Gasteiger partial charge in [0.05, 0.1) is 39.9 Å². The Morgan fingerprint density at radius 3 is 1.03 bits per heavy atom. The van der Waals surface area contributed by atoms with Crippen molar-refractivity contribution in [2.24, 2.45) is 0 Å². The van der Waals surface area contributed by atoms with E-state index in [1.165, 1.54) is 283 Å². The molecule has 8 nitrogen and oxygen atoms in total. The molecule has 0 saturated carbocycles. The molecule has 436 valence electrons. The molecule has 0 saturated heterocycles. The number of hydrogen-bond donors (Lipinski definition) is 2. The van der Waals surface area contributed by atoms with E-state index in [9.17, 15) is 19.4 Å². The van der Waals surface area contributed by atoms with Gasteiger partial charge in [-0.1, -0.05) is 328 Å². The summed E-state index contributed by atoms with van der Waals surface area (Å²) < 4.78 is 23.3. The lowest BCUT2D eigenvalue weighted by Crippen LogP contribution is -2.45. The van der Waals surface area contributed by atoms with Gasteiger partial charge in [0, 0.05) is 6.42 Å². The first-order valence-electron chi connectivity index (χ1n) is 32.6. The summed E-state index contributed by atoms with van der Waals surface area (Å²) >= 11 is 0. The lowest BCUT2D eigenvalue weighted by atomic mass is 10.0. The zero-order valence-corrected chi connectivity index (χ0v) is 50.8. The molecule has 1 amide bonds. The van der Waals surface area contributed by atoms with Crippen molar-refractivity contribution in [1.29, 1.82) is 0 Å². The van der Waals surface area contributed by atoms with Gasteiger partial charge in [-0.15, -0.1) is 0 Å². The standard InChI is InChI=1S/C64H129N2O6P/c1-6-8-10-12-14-16-18-19-20-21-22-23-24-25-26-27-28-29-30-31-32-33-34-35-36-37-38-39-40-41-42-43-44-45-46-48-50-52-54-56-58-64(68)65-62(61-72-73(69,70)71-60-59-66(3,4)5)63(67)57-55-53-51-49-47-17-15-13-11-9-7-2/h55,57,62-63,67H,6-54,56,58-61H2,1-5H3,(H-,65,68,69,70)/b57-55+. The Morgan fingerprint density at radius 1 is 0.466 bits per heavy atom. The highest BCUT2D eigenvalue weighted by Crippen LogP contribution is 2.38. The Kier molecular flexibility index (Phi) is 55.4. The lowest BCUT2D eigenvalue weighted by molar-refractivity contribution is -0.870. The van der Waals surface area contributed by atoms with Crippen LogP contribution in [0, 0.1) is 0 Å². The van der Waals surface area contributed by atoms with Gasteiger partial charge in [0.1, 0.15) is 13.2 Å². The first-order chi connectivity index (χ1) is 35.5. The van der Waals surface area contributed by atoms with Gasteiger partial charge in [0.25, 0.3) is 7.82 Å². The maximum atomic E-state index is 12.9. The lowest BCUT2D eigenvalue weighted by Gasteiger charge is -2.29. The second-order valence-corrected chi connectivity index (χ2v) is 25.2. The molecule has 9 heteroatoms. The van der Waals surface area contributed by atoms with E-state index < -0.39 is 20.0 Å². The number of nitrogens with zero attached hydrogens (tertiary/aromatic N) is 1. The summed E-state index contributed by atoms with van der Waals surface area (Å²) in [6.07, 6.45) is 70.7. The van der Waals surface area contributed by atoms with E-state index in [0.717, 1.165) is 38.5 Å². The molecule has 73 heavy (non-hydrogen) atoms. The summed E-state index contributed by atoms with van der Waals surface area (Å²) in [5.41, 5.74) is 0. The fourth-order valence-corrected chi connectivity index (χ4v) is 10.9. The van der Waals surface area contributed by atoms with E-state index in [-0.39, 0.29) is 19.1 Å². The molecule has 0 aliphatic carbocycles. The van der Waals surface area contributed by atoms with E-state index in [1.807, 2.05) is 27.2 Å². The minimum absolute atomic E-state index is 0.00228. The van der Waals surface area contributed by atoms with Crippen LogP contribution < -0.4 is 10.2 Å². The fourth-order valence-electron chi connectivity index (χ4n) is 10.2. The zero-order valence-electron chi connectivity index (χ0n) is 49.9. The Morgan fingerprint density at radius 2 is 0.740 bits per heavy atom. The third kappa shape index (κ3) is 58.8. The molecule has 0 fully saturated rings. The highest BCUT2D eigenvalue weighted by molar-refractivity contribution is 7.45. The van der Waals surface area contributed by atoms with E-state index in [0.29, 0.717) is 17.4 Å². The number of amides is 1. The number of likely N-dealkylation sites (N-methyl/N-ethyl adjacent to an activating group) is 1. The SMILES string of the molecule is CCCCCCCCCCC/C=C/C(O)C(COP(=O)([O-])OCC[N+](C)(C)C)NC(=O)CCCCCCCCCCCCCCCCCCCCCCCCCCCCCCCCCCCCCCCCCC. The number of allylic oxidation sites excluding steroid dienone is 1. The highest BCUT2D eigenvalue weighted by atomic mass is 31.2. The average Bonchev–Trinajstić information content (AvgIpc) is 3.35. The van der Waals surface area contributed by atoms with Gasteiger partial charge < -0.3 is 28.8 Å². The van der Waals surface area contributed by atoms with Crippen LogP contribution in [0.15, 0.2) is 12.2 Å².